The highest BCUT2D eigenvalue weighted by atomic mass is 16.1. The number of nitrogens with one attached hydrogen (secondary N) is 2. The van der Waals surface area contributed by atoms with Gasteiger partial charge in [0.1, 0.15) is 0 Å². The first kappa shape index (κ1) is 12.7. The summed E-state index contributed by atoms with van der Waals surface area (Å²) in [7, 11) is 0. The van der Waals surface area contributed by atoms with Gasteiger partial charge in [-0.3, -0.25) is 9.89 Å². The molecule has 90 valence electrons. The number of carbonyl (C=O) groups excluding carboxylic acids is 1. The lowest BCUT2D eigenvalue weighted by Gasteiger charge is -2.08. The molecule has 1 aromatic rings. The van der Waals surface area contributed by atoms with Crippen LogP contribution in [-0.4, -0.2) is 16.1 Å². The molecule has 1 aromatic heterocycles. The minimum atomic E-state index is 0.0522. The van der Waals surface area contributed by atoms with E-state index >= 15 is 0 Å². The van der Waals surface area contributed by atoms with Gasteiger partial charge in [0.05, 0.1) is 0 Å². The minimum Gasteiger partial charge on any atom is -0.309 e. The number of anilines is 1. The number of nitrogens with zero attached hydrogens (tertiary/aromatic N) is 1. The minimum absolute atomic E-state index is 0.0522. The Balaban J connectivity index is 2.49. The predicted molar refractivity (Wildman–Crippen MR) is 65.3 cm³/mol. The molecular weight excluding hydrogens is 202 g/mol. The van der Waals surface area contributed by atoms with Crippen LogP contribution in [0.3, 0.4) is 0 Å². The summed E-state index contributed by atoms with van der Waals surface area (Å²) in [5.41, 5.74) is 1.07. The van der Waals surface area contributed by atoms with Crippen LogP contribution in [0.15, 0.2) is 6.07 Å². The summed E-state index contributed by atoms with van der Waals surface area (Å²) in [6.07, 6.45) is 3.98. The van der Waals surface area contributed by atoms with Gasteiger partial charge in [-0.05, 0) is 12.8 Å². The van der Waals surface area contributed by atoms with Crippen LogP contribution >= 0.6 is 0 Å². The number of aromatic amines is 1. The van der Waals surface area contributed by atoms with Gasteiger partial charge in [0.2, 0.25) is 5.91 Å². The first-order valence-electron chi connectivity index (χ1n) is 6.02. The molecule has 0 aliphatic rings. The first-order valence-corrected chi connectivity index (χ1v) is 6.02. The summed E-state index contributed by atoms with van der Waals surface area (Å²) in [6, 6.07) is 1.90. The normalized spacial score (nSPS) is 12.4. The molecule has 0 spiro atoms. The van der Waals surface area contributed by atoms with Gasteiger partial charge in [0.15, 0.2) is 5.82 Å². The molecule has 0 saturated carbocycles. The van der Waals surface area contributed by atoms with Gasteiger partial charge in [0, 0.05) is 17.7 Å². The lowest BCUT2D eigenvalue weighted by molar-refractivity contribution is -0.119. The number of hydrogen-bond donors (Lipinski definition) is 2. The van der Waals surface area contributed by atoms with Crippen molar-refractivity contribution in [1.82, 2.24) is 10.2 Å². The molecule has 1 atom stereocenters. The highest BCUT2D eigenvalue weighted by Gasteiger charge is 2.13. The van der Waals surface area contributed by atoms with E-state index in [4.69, 9.17) is 0 Å². The summed E-state index contributed by atoms with van der Waals surface area (Å²) >= 11 is 0. The first-order chi connectivity index (χ1) is 7.67. The highest BCUT2D eigenvalue weighted by Crippen LogP contribution is 2.11. The fraction of sp³-hybridized carbons (Fsp3) is 0.667. The molecule has 0 aromatic carbocycles. The maximum atomic E-state index is 11.7. The van der Waals surface area contributed by atoms with E-state index in [1.807, 2.05) is 13.0 Å². The van der Waals surface area contributed by atoms with E-state index in [9.17, 15) is 4.79 Å². The Hall–Kier alpha value is -1.32. The SMILES string of the molecule is CCCc1cc(NC(=O)C(C)CCC)n[nH]1. The van der Waals surface area contributed by atoms with Gasteiger partial charge >= 0.3 is 0 Å². The van der Waals surface area contributed by atoms with Gasteiger partial charge in [0.25, 0.3) is 0 Å². The topological polar surface area (TPSA) is 57.8 Å². The maximum Gasteiger partial charge on any atom is 0.228 e. The fourth-order valence-corrected chi connectivity index (χ4v) is 1.64. The Labute approximate surface area is 96.8 Å². The van der Waals surface area contributed by atoms with Crippen LogP contribution in [0.25, 0.3) is 0 Å². The molecular formula is C12H21N3O. The number of H-pyrrole nitrogens is 1. The van der Waals surface area contributed by atoms with Crippen LogP contribution in [0.1, 0.15) is 45.7 Å². The average Bonchev–Trinajstić information content (AvgIpc) is 2.66. The summed E-state index contributed by atoms with van der Waals surface area (Å²) in [4.78, 5) is 11.7. The van der Waals surface area contributed by atoms with Gasteiger partial charge in [-0.15, -0.1) is 0 Å². The third kappa shape index (κ3) is 3.68. The van der Waals surface area contributed by atoms with Crippen LogP contribution in [0.5, 0.6) is 0 Å². The molecule has 1 amide bonds. The standard InChI is InChI=1S/C12H21N3O/c1-4-6-9(3)12(16)13-11-8-10(7-5-2)14-15-11/h8-9H,4-7H2,1-3H3,(H2,13,14,15,16). The maximum absolute atomic E-state index is 11.7. The number of aryl methyl sites for hydroxylation is 1. The number of amides is 1. The smallest absolute Gasteiger partial charge is 0.228 e. The van der Waals surface area contributed by atoms with Crippen LogP contribution < -0.4 is 5.32 Å². The Morgan fingerprint density at radius 3 is 2.88 bits per heavy atom. The zero-order valence-electron chi connectivity index (χ0n) is 10.3. The molecule has 0 bridgehead atoms. The number of hydrogen-bond acceptors (Lipinski definition) is 2. The van der Waals surface area contributed by atoms with Crippen molar-refractivity contribution in [2.45, 2.75) is 46.5 Å². The van der Waals surface area contributed by atoms with E-state index < -0.39 is 0 Å². The molecule has 0 radical (unpaired) electrons. The van der Waals surface area contributed by atoms with E-state index in [0.717, 1.165) is 31.4 Å². The number of aromatic nitrogens is 2. The number of rotatable bonds is 6. The Morgan fingerprint density at radius 1 is 1.50 bits per heavy atom. The summed E-state index contributed by atoms with van der Waals surface area (Å²) < 4.78 is 0. The molecule has 16 heavy (non-hydrogen) atoms. The van der Waals surface area contributed by atoms with Crippen molar-refractivity contribution >= 4 is 11.7 Å². The molecule has 2 N–H and O–H groups in total. The zero-order chi connectivity index (χ0) is 12.0. The van der Waals surface area contributed by atoms with E-state index in [2.05, 4.69) is 29.4 Å². The van der Waals surface area contributed by atoms with Crippen molar-refractivity contribution in [3.63, 3.8) is 0 Å². The molecule has 0 fully saturated rings. The summed E-state index contributed by atoms with van der Waals surface area (Å²) in [6.45, 7) is 6.14. The van der Waals surface area contributed by atoms with E-state index in [1.165, 1.54) is 0 Å². The molecule has 4 heteroatoms. The Kier molecular flexibility index (Phi) is 5.02. The van der Waals surface area contributed by atoms with E-state index in [0.29, 0.717) is 5.82 Å². The third-order valence-electron chi connectivity index (χ3n) is 2.57. The summed E-state index contributed by atoms with van der Waals surface area (Å²) in [5, 5.41) is 9.80. The largest absolute Gasteiger partial charge is 0.309 e. The van der Waals surface area contributed by atoms with Crippen molar-refractivity contribution in [1.29, 1.82) is 0 Å². The monoisotopic (exact) mass is 223 g/mol. The molecule has 4 nitrogen and oxygen atoms in total. The van der Waals surface area contributed by atoms with Crippen molar-refractivity contribution < 1.29 is 4.79 Å². The van der Waals surface area contributed by atoms with Gasteiger partial charge in [-0.2, -0.15) is 5.10 Å². The highest BCUT2D eigenvalue weighted by molar-refractivity contribution is 5.91. The second kappa shape index (κ2) is 6.30. The molecule has 1 heterocycles. The van der Waals surface area contributed by atoms with E-state index in [1.54, 1.807) is 0 Å². The molecule has 0 aliphatic carbocycles. The van der Waals surface area contributed by atoms with Crippen molar-refractivity contribution in [3.8, 4) is 0 Å². The zero-order valence-corrected chi connectivity index (χ0v) is 10.3. The van der Waals surface area contributed by atoms with Gasteiger partial charge < -0.3 is 5.32 Å². The van der Waals surface area contributed by atoms with Crippen LogP contribution in [0.2, 0.25) is 0 Å². The molecule has 1 unspecified atom stereocenters. The third-order valence-corrected chi connectivity index (χ3v) is 2.57. The van der Waals surface area contributed by atoms with Crippen molar-refractivity contribution in [2.24, 2.45) is 5.92 Å². The average molecular weight is 223 g/mol. The lowest BCUT2D eigenvalue weighted by atomic mass is 10.1. The summed E-state index contributed by atoms with van der Waals surface area (Å²) in [5.74, 6) is 0.740. The second-order valence-electron chi connectivity index (χ2n) is 4.21. The lowest BCUT2D eigenvalue weighted by Crippen LogP contribution is -2.20. The van der Waals surface area contributed by atoms with Crippen LogP contribution in [0, 0.1) is 5.92 Å². The number of carbonyl (C=O) groups is 1. The van der Waals surface area contributed by atoms with Gasteiger partial charge in [-0.25, -0.2) is 0 Å². The van der Waals surface area contributed by atoms with Gasteiger partial charge in [-0.1, -0.05) is 33.6 Å². The van der Waals surface area contributed by atoms with Crippen molar-refractivity contribution in [3.05, 3.63) is 11.8 Å². The van der Waals surface area contributed by atoms with Crippen molar-refractivity contribution in [2.75, 3.05) is 5.32 Å². The molecule has 0 aliphatic heterocycles. The Bertz CT molecular complexity index is 333. The Morgan fingerprint density at radius 2 is 2.25 bits per heavy atom. The second-order valence-corrected chi connectivity index (χ2v) is 4.21. The molecule has 1 rings (SSSR count). The van der Waals surface area contributed by atoms with Crippen LogP contribution in [-0.2, 0) is 11.2 Å². The predicted octanol–water partition coefficient (Wildman–Crippen LogP) is 2.74. The molecule has 0 saturated heterocycles. The van der Waals surface area contributed by atoms with Crippen LogP contribution in [0.4, 0.5) is 5.82 Å². The quantitative estimate of drug-likeness (QED) is 0.779. The fourth-order valence-electron chi connectivity index (χ4n) is 1.64. The van der Waals surface area contributed by atoms with E-state index in [-0.39, 0.29) is 11.8 Å².